The van der Waals surface area contributed by atoms with Crippen molar-refractivity contribution in [2.24, 2.45) is 4.40 Å². The lowest BCUT2D eigenvalue weighted by molar-refractivity contribution is -0.117. The molecule has 2 aliphatic heterocycles. The molecule has 0 spiro atoms. The van der Waals surface area contributed by atoms with E-state index in [0.29, 0.717) is 31.2 Å². The third-order valence-corrected chi connectivity index (χ3v) is 6.07. The third kappa shape index (κ3) is 5.68. The quantitative estimate of drug-likeness (QED) is 0.719. The van der Waals surface area contributed by atoms with Crippen LogP contribution in [0.5, 0.6) is 0 Å². The van der Waals surface area contributed by atoms with E-state index < -0.39 is 10.0 Å². The van der Waals surface area contributed by atoms with E-state index in [1.165, 1.54) is 0 Å². The minimum absolute atomic E-state index is 0.0606. The summed E-state index contributed by atoms with van der Waals surface area (Å²) >= 11 is 0. The number of sulfonamides is 1. The summed E-state index contributed by atoms with van der Waals surface area (Å²) in [6.07, 6.45) is 4.77. The van der Waals surface area contributed by atoms with Crippen molar-refractivity contribution in [2.45, 2.75) is 19.8 Å². The summed E-state index contributed by atoms with van der Waals surface area (Å²) in [6.45, 7) is 1.70. The number of fused-ring (bicyclic) bond motifs is 1. The fourth-order valence-electron chi connectivity index (χ4n) is 3.31. The molecule has 2 aromatic carbocycles. The summed E-state index contributed by atoms with van der Waals surface area (Å²) in [4.78, 5) is 14.2. The Balaban J connectivity index is 1.30. The normalized spacial score (nSPS) is 16.8. The zero-order chi connectivity index (χ0) is 21.7. The number of ether oxygens (including phenoxy) is 1. The molecule has 7 nitrogen and oxygen atoms in total. The first-order valence-electron chi connectivity index (χ1n) is 9.95. The molecule has 31 heavy (non-hydrogen) atoms. The lowest BCUT2D eigenvalue weighted by Gasteiger charge is -2.26. The highest BCUT2D eigenvalue weighted by Crippen LogP contribution is 2.16. The number of hydrogen-bond acceptors (Lipinski definition) is 5. The second kappa shape index (κ2) is 9.28. The Kier molecular flexibility index (Phi) is 6.29. The van der Waals surface area contributed by atoms with Crippen LogP contribution in [0.4, 0.5) is 0 Å². The van der Waals surface area contributed by atoms with Crippen LogP contribution in [0.15, 0.2) is 82.9 Å². The molecule has 0 saturated carbocycles. The second-order valence-electron chi connectivity index (χ2n) is 7.33. The van der Waals surface area contributed by atoms with E-state index in [4.69, 9.17) is 4.74 Å². The van der Waals surface area contributed by atoms with Gasteiger partial charge in [-0.25, -0.2) is 8.42 Å². The van der Waals surface area contributed by atoms with Gasteiger partial charge in [-0.2, -0.15) is 0 Å². The highest BCUT2D eigenvalue weighted by Gasteiger charge is 2.24. The van der Waals surface area contributed by atoms with Gasteiger partial charge in [0, 0.05) is 19.3 Å². The van der Waals surface area contributed by atoms with Crippen molar-refractivity contribution >= 4 is 21.8 Å². The van der Waals surface area contributed by atoms with Crippen molar-refractivity contribution in [1.29, 1.82) is 0 Å². The van der Waals surface area contributed by atoms with E-state index in [1.54, 1.807) is 23.3 Å². The SMILES string of the molecule is O=C(NCc1cccc(COCc2ccccc2)c1)C1=CN2CCS(=O)(=O)N=C2C=C1. The van der Waals surface area contributed by atoms with Crippen LogP contribution in [0.3, 0.4) is 0 Å². The van der Waals surface area contributed by atoms with Crippen molar-refractivity contribution in [1.82, 2.24) is 10.2 Å². The molecule has 2 aromatic rings. The first-order chi connectivity index (χ1) is 15.0. The van der Waals surface area contributed by atoms with Gasteiger partial charge >= 0.3 is 0 Å². The van der Waals surface area contributed by atoms with Gasteiger partial charge in [0.2, 0.25) is 0 Å². The molecule has 0 unspecified atom stereocenters. The van der Waals surface area contributed by atoms with E-state index in [9.17, 15) is 13.2 Å². The van der Waals surface area contributed by atoms with Crippen LogP contribution in [0, 0.1) is 0 Å². The fraction of sp³-hybridized carbons (Fsp3) is 0.217. The Morgan fingerprint density at radius 1 is 1.00 bits per heavy atom. The van der Waals surface area contributed by atoms with Crippen molar-refractivity contribution in [2.75, 3.05) is 12.3 Å². The van der Waals surface area contributed by atoms with Gasteiger partial charge in [-0.3, -0.25) is 4.79 Å². The zero-order valence-electron chi connectivity index (χ0n) is 16.9. The summed E-state index contributed by atoms with van der Waals surface area (Å²) in [5.41, 5.74) is 3.59. The van der Waals surface area contributed by atoms with E-state index >= 15 is 0 Å². The average Bonchev–Trinajstić information content (AvgIpc) is 2.77. The Morgan fingerprint density at radius 3 is 2.58 bits per heavy atom. The maximum Gasteiger partial charge on any atom is 0.256 e. The van der Waals surface area contributed by atoms with Crippen LogP contribution < -0.4 is 5.32 Å². The number of amides is 1. The van der Waals surface area contributed by atoms with Gasteiger partial charge < -0.3 is 15.0 Å². The molecule has 0 atom stereocenters. The molecule has 0 aliphatic carbocycles. The number of carbonyl (C=O) groups excluding carboxylic acids is 1. The van der Waals surface area contributed by atoms with Crippen molar-refractivity contribution in [3.05, 3.63) is 95.2 Å². The minimum atomic E-state index is -3.41. The zero-order valence-corrected chi connectivity index (χ0v) is 17.7. The number of nitrogens with zero attached hydrogens (tertiary/aromatic N) is 2. The van der Waals surface area contributed by atoms with E-state index in [2.05, 4.69) is 9.71 Å². The van der Waals surface area contributed by atoms with Crippen LogP contribution in [0.2, 0.25) is 0 Å². The number of carbonyl (C=O) groups is 1. The average molecular weight is 438 g/mol. The van der Waals surface area contributed by atoms with E-state index in [-0.39, 0.29) is 18.2 Å². The van der Waals surface area contributed by atoms with Gasteiger partial charge in [0.25, 0.3) is 15.9 Å². The summed E-state index contributed by atoms with van der Waals surface area (Å²) in [5.74, 6) is 0.0509. The lowest BCUT2D eigenvalue weighted by atomic mass is 10.1. The molecule has 0 saturated heterocycles. The highest BCUT2D eigenvalue weighted by molar-refractivity contribution is 7.90. The summed E-state index contributed by atoms with van der Waals surface area (Å²) < 4.78 is 32.7. The molecule has 1 amide bonds. The predicted molar refractivity (Wildman–Crippen MR) is 118 cm³/mol. The first kappa shape index (κ1) is 21.0. The number of rotatable bonds is 7. The van der Waals surface area contributed by atoms with Crippen LogP contribution in [0.25, 0.3) is 0 Å². The molecule has 0 bridgehead atoms. The molecule has 0 radical (unpaired) electrons. The first-order valence-corrected chi connectivity index (χ1v) is 11.6. The van der Waals surface area contributed by atoms with Crippen LogP contribution in [-0.4, -0.2) is 37.4 Å². The molecule has 160 valence electrons. The van der Waals surface area contributed by atoms with Crippen molar-refractivity contribution in [3.8, 4) is 0 Å². The monoisotopic (exact) mass is 437 g/mol. The summed E-state index contributed by atoms with van der Waals surface area (Å²) in [6, 6.07) is 17.9. The minimum Gasteiger partial charge on any atom is -0.372 e. The molecular weight excluding hydrogens is 414 g/mol. The highest BCUT2D eigenvalue weighted by atomic mass is 32.2. The van der Waals surface area contributed by atoms with Crippen molar-refractivity contribution in [3.63, 3.8) is 0 Å². The maximum absolute atomic E-state index is 12.5. The molecule has 4 rings (SSSR count). The van der Waals surface area contributed by atoms with Gasteiger partial charge in [-0.05, 0) is 28.8 Å². The fourth-order valence-corrected chi connectivity index (χ4v) is 4.28. The topological polar surface area (TPSA) is 88.1 Å². The molecule has 0 aromatic heterocycles. The standard InChI is InChI=1S/C23H23N3O4S/c27-23(21-9-10-22-25-31(28,29)12-11-26(22)15-21)24-14-19-7-4-8-20(13-19)17-30-16-18-5-2-1-3-6-18/h1-10,13,15H,11-12,14,16-17H2,(H,24,27). The third-order valence-electron chi connectivity index (χ3n) is 4.91. The van der Waals surface area contributed by atoms with Crippen LogP contribution >= 0.6 is 0 Å². The molecule has 1 N–H and O–H groups in total. The van der Waals surface area contributed by atoms with Gasteiger partial charge in [0.05, 0.1) is 24.5 Å². The molecule has 2 heterocycles. The van der Waals surface area contributed by atoms with Gasteiger partial charge in [-0.1, -0.05) is 54.6 Å². The van der Waals surface area contributed by atoms with Crippen LogP contribution in [0.1, 0.15) is 16.7 Å². The Bertz CT molecular complexity index is 1150. The number of nitrogens with one attached hydrogen (secondary N) is 1. The van der Waals surface area contributed by atoms with Gasteiger partial charge in [0.1, 0.15) is 5.84 Å². The summed E-state index contributed by atoms with van der Waals surface area (Å²) in [7, 11) is -3.41. The van der Waals surface area contributed by atoms with Gasteiger partial charge in [0.15, 0.2) is 0 Å². The lowest BCUT2D eigenvalue weighted by Crippen LogP contribution is -2.38. The largest absolute Gasteiger partial charge is 0.372 e. The van der Waals surface area contributed by atoms with Crippen LogP contribution in [-0.2, 0) is 39.3 Å². The molecule has 2 aliphatic rings. The van der Waals surface area contributed by atoms with E-state index in [1.807, 2.05) is 54.6 Å². The maximum atomic E-state index is 12.5. The molecule has 0 fully saturated rings. The van der Waals surface area contributed by atoms with E-state index in [0.717, 1.165) is 16.7 Å². The number of hydrogen-bond donors (Lipinski definition) is 1. The number of amidine groups is 1. The number of benzene rings is 2. The Labute approximate surface area is 181 Å². The molecule has 8 heteroatoms. The predicted octanol–water partition coefficient (Wildman–Crippen LogP) is 2.52. The van der Waals surface area contributed by atoms with Crippen molar-refractivity contribution < 1.29 is 17.9 Å². The summed E-state index contributed by atoms with van der Waals surface area (Å²) in [5, 5.41) is 2.91. The smallest absolute Gasteiger partial charge is 0.256 e. The van der Waals surface area contributed by atoms with Gasteiger partial charge in [-0.15, -0.1) is 4.40 Å². The Morgan fingerprint density at radius 2 is 1.74 bits per heavy atom. The Hall–Kier alpha value is -3.23. The second-order valence-corrected chi connectivity index (χ2v) is 9.08. The molecular formula is C23H23N3O4S.